The van der Waals surface area contributed by atoms with Crippen LogP contribution >= 0.6 is 0 Å². The summed E-state index contributed by atoms with van der Waals surface area (Å²) in [5.41, 5.74) is 3.05. The van der Waals surface area contributed by atoms with Crippen molar-refractivity contribution >= 4 is 0 Å². The van der Waals surface area contributed by atoms with Crippen LogP contribution in [0, 0.1) is 11.8 Å². The van der Waals surface area contributed by atoms with E-state index in [9.17, 15) is 0 Å². The molecule has 3 heteroatoms. The van der Waals surface area contributed by atoms with Crippen LogP contribution in [0.15, 0.2) is 0 Å². The van der Waals surface area contributed by atoms with Gasteiger partial charge < -0.3 is 4.74 Å². The minimum Gasteiger partial charge on any atom is -0.380 e. The largest absolute Gasteiger partial charge is 0.380 e. The van der Waals surface area contributed by atoms with E-state index in [2.05, 4.69) is 19.3 Å². The number of nitrogens with two attached hydrogens (primary N) is 1. The van der Waals surface area contributed by atoms with Gasteiger partial charge in [0.2, 0.25) is 0 Å². The molecule has 0 aromatic heterocycles. The van der Waals surface area contributed by atoms with Crippen molar-refractivity contribution in [2.45, 2.75) is 70.9 Å². The Hall–Kier alpha value is -0.120. The summed E-state index contributed by atoms with van der Waals surface area (Å²) in [5, 5.41) is 0. The third-order valence-electron chi connectivity index (χ3n) is 4.42. The van der Waals surface area contributed by atoms with E-state index in [1.54, 1.807) is 0 Å². The van der Waals surface area contributed by atoms with Gasteiger partial charge in [-0.15, -0.1) is 0 Å². The molecule has 0 bridgehead atoms. The molecule has 0 heterocycles. The van der Waals surface area contributed by atoms with Gasteiger partial charge in [-0.3, -0.25) is 11.3 Å². The highest BCUT2D eigenvalue weighted by Gasteiger charge is 2.34. The lowest BCUT2D eigenvalue weighted by molar-refractivity contribution is 0.0174. The molecule has 0 amide bonds. The molecule has 4 atom stereocenters. The van der Waals surface area contributed by atoms with Gasteiger partial charge in [0, 0.05) is 7.11 Å². The summed E-state index contributed by atoms with van der Waals surface area (Å²) in [6, 6.07) is 0.324. The molecule has 1 aliphatic carbocycles. The number of ether oxygens (including phenoxy) is 1. The molecule has 0 aromatic carbocycles. The highest BCUT2D eigenvalue weighted by atomic mass is 16.5. The van der Waals surface area contributed by atoms with Crippen LogP contribution in [-0.4, -0.2) is 19.3 Å². The number of hydrazine groups is 1. The van der Waals surface area contributed by atoms with Gasteiger partial charge >= 0.3 is 0 Å². The van der Waals surface area contributed by atoms with E-state index in [0.29, 0.717) is 12.0 Å². The van der Waals surface area contributed by atoms with Gasteiger partial charge in [0.1, 0.15) is 0 Å². The normalized spacial score (nSPS) is 28.9. The maximum absolute atomic E-state index is 5.80. The molecule has 0 saturated heterocycles. The van der Waals surface area contributed by atoms with Crippen molar-refractivity contribution in [1.82, 2.24) is 5.43 Å². The summed E-state index contributed by atoms with van der Waals surface area (Å²) < 4.78 is 5.65. The molecule has 0 radical (unpaired) electrons. The zero-order valence-electron chi connectivity index (χ0n) is 11.7. The Morgan fingerprint density at radius 1 is 1.29 bits per heavy atom. The topological polar surface area (TPSA) is 47.3 Å². The van der Waals surface area contributed by atoms with E-state index in [-0.39, 0.29) is 6.10 Å². The first-order chi connectivity index (χ1) is 8.28. The van der Waals surface area contributed by atoms with Crippen molar-refractivity contribution in [3.05, 3.63) is 0 Å². The van der Waals surface area contributed by atoms with Crippen molar-refractivity contribution in [3.63, 3.8) is 0 Å². The molecule has 0 aliphatic heterocycles. The first kappa shape index (κ1) is 14.9. The Morgan fingerprint density at radius 3 is 2.53 bits per heavy atom. The lowest BCUT2D eigenvalue weighted by Crippen LogP contribution is -2.52. The Morgan fingerprint density at radius 2 is 2.00 bits per heavy atom. The third kappa shape index (κ3) is 3.94. The van der Waals surface area contributed by atoms with E-state index in [1.807, 2.05) is 7.11 Å². The number of methoxy groups -OCH3 is 1. The second-order valence-electron chi connectivity index (χ2n) is 5.37. The monoisotopic (exact) mass is 242 g/mol. The maximum Gasteiger partial charge on any atom is 0.0740 e. The molecule has 4 unspecified atom stereocenters. The number of nitrogens with one attached hydrogen (secondary N) is 1. The van der Waals surface area contributed by atoms with E-state index < -0.39 is 0 Å². The molecule has 1 rings (SSSR count). The van der Waals surface area contributed by atoms with Crippen LogP contribution in [0.1, 0.15) is 58.8 Å². The maximum atomic E-state index is 5.80. The van der Waals surface area contributed by atoms with E-state index in [1.165, 1.54) is 32.1 Å². The lowest BCUT2D eigenvalue weighted by Gasteiger charge is -2.39. The van der Waals surface area contributed by atoms with Crippen LogP contribution < -0.4 is 11.3 Å². The van der Waals surface area contributed by atoms with Crippen LogP contribution in [0.2, 0.25) is 0 Å². The number of hydrogen-bond acceptors (Lipinski definition) is 3. The quantitative estimate of drug-likeness (QED) is 0.533. The molecule has 102 valence electrons. The number of rotatable bonds is 7. The third-order valence-corrected chi connectivity index (χ3v) is 4.42. The van der Waals surface area contributed by atoms with E-state index >= 15 is 0 Å². The van der Waals surface area contributed by atoms with E-state index in [0.717, 1.165) is 18.8 Å². The molecule has 0 aromatic rings. The van der Waals surface area contributed by atoms with E-state index in [4.69, 9.17) is 10.6 Å². The summed E-state index contributed by atoms with van der Waals surface area (Å²) in [4.78, 5) is 0. The molecule has 3 N–H and O–H groups in total. The van der Waals surface area contributed by atoms with Gasteiger partial charge in [-0.05, 0) is 24.7 Å². The molecule has 17 heavy (non-hydrogen) atoms. The average Bonchev–Trinajstić information content (AvgIpc) is 2.39. The average molecular weight is 242 g/mol. The summed E-state index contributed by atoms with van der Waals surface area (Å²) in [7, 11) is 1.81. The van der Waals surface area contributed by atoms with Gasteiger partial charge in [-0.1, -0.05) is 46.0 Å². The minimum atomic E-state index is 0.266. The zero-order valence-corrected chi connectivity index (χ0v) is 11.7. The molecule has 0 spiro atoms. The summed E-state index contributed by atoms with van der Waals surface area (Å²) in [6.07, 6.45) is 9.18. The highest BCUT2D eigenvalue weighted by Crippen LogP contribution is 2.36. The van der Waals surface area contributed by atoms with Crippen molar-refractivity contribution in [3.8, 4) is 0 Å². The highest BCUT2D eigenvalue weighted by molar-refractivity contribution is 4.88. The molecular weight excluding hydrogens is 212 g/mol. The van der Waals surface area contributed by atoms with Gasteiger partial charge in [-0.25, -0.2) is 0 Å². The van der Waals surface area contributed by atoms with Gasteiger partial charge in [-0.2, -0.15) is 0 Å². The zero-order chi connectivity index (χ0) is 12.7. The fourth-order valence-corrected chi connectivity index (χ4v) is 3.45. The fraction of sp³-hybridized carbons (Fsp3) is 1.00. The molecule has 1 saturated carbocycles. The molecule has 3 nitrogen and oxygen atoms in total. The van der Waals surface area contributed by atoms with Gasteiger partial charge in [0.15, 0.2) is 0 Å². The number of hydrogen-bond donors (Lipinski definition) is 2. The van der Waals surface area contributed by atoms with Crippen LogP contribution in [0.5, 0.6) is 0 Å². The summed E-state index contributed by atoms with van der Waals surface area (Å²) in [5.74, 6) is 7.31. The lowest BCUT2D eigenvalue weighted by atomic mass is 9.72. The smallest absolute Gasteiger partial charge is 0.0740 e. The second kappa shape index (κ2) is 8.06. The molecule has 1 aliphatic rings. The van der Waals surface area contributed by atoms with Crippen LogP contribution in [-0.2, 0) is 4.74 Å². The predicted octanol–water partition coefficient (Wildman–Crippen LogP) is 2.85. The van der Waals surface area contributed by atoms with Gasteiger partial charge in [0.25, 0.3) is 0 Å². The first-order valence-corrected chi connectivity index (χ1v) is 7.27. The van der Waals surface area contributed by atoms with Crippen LogP contribution in [0.4, 0.5) is 0 Å². The molecular formula is C14H30N2O. The Bertz CT molecular complexity index is 199. The fourth-order valence-electron chi connectivity index (χ4n) is 3.45. The predicted molar refractivity (Wildman–Crippen MR) is 72.6 cm³/mol. The van der Waals surface area contributed by atoms with Gasteiger partial charge in [0.05, 0.1) is 12.1 Å². The standard InChI is InChI=1S/C14H30N2O/c1-4-8-13(17-3)14(16-15)12-10-7-6-9-11(12)5-2/h11-14,16H,4-10,15H2,1-3H3. The second-order valence-corrected chi connectivity index (χ2v) is 5.37. The van der Waals surface area contributed by atoms with Crippen LogP contribution in [0.3, 0.4) is 0 Å². The SMILES string of the molecule is CCCC(OC)C(NN)C1CCCCC1CC. The van der Waals surface area contributed by atoms with Crippen molar-refractivity contribution in [2.75, 3.05) is 7.11 Å². The first-order valence-electron chi connectivity index (χ1n) is 7.27. The molecule has 1 fully saturated rings. The van der Waals surface area contributed by atoms with Crippen LogP contribution in [0.25, 0.3) is 0 Å². The van der Waals surface area contributed by atoms with Crippen molar-refractivity contribution in [1.29, 1.82) is 0 Å². The summed E-state index contributed by atoms with van der Waals surface area (Å²) in [6.45, 7) is 4.51. The Balaban J connectivity index is 2.68. The minimum absolute atomic E-state index is 0.266. The van der Waals surface area contributed by atoms with Crippen molar-refractivity contribution in [2.24, 2.45) is 17.7 Å². The Labute approximate surface area is 106 Å². The van der Waals surface area contributed by atoms with Crippen molar-refractivity contribution < 1.29 is 4.74 Å². The summed E-state index contributed by atoms with van der Waals surface area (Å²) >= 11 is 0. The Kier molecular flexibility index (Phi) is 7.09.